The average Bonchev–Trinajstić information content (AvgIpc) is 2.41. The van der Waals surface area contributed by atoms with Crippen LogP contribution in [-0.2, 0) is 12.3 Å². The summed E-state index contributed by atoms with van der Waals surface area (Å²) in [6.07, 6.45) is 2.55. The van der Waals surface area contributed by atoms with E-state index in [-0.39, 0.29) is 0 Å². The molecule has 2 aromatic rings. The van der Waals surface area contributed by atoms with Crippen molar-refractivity contribution < 1.29 is 4.74 Å². The zero-order chi connectivity index (χ0) is 12.8. The van der Waals surface area contributed by atoms with Crippen molar-refractivity contribution in [1.29, 1.82) is 0 Å². The maximum absolute atomic E-state index is 5.90. The van der Waals surface area contributed by atoms with Crippen molar-refractivity contribution in [1.82, 2.24) is 4.98 Å². The molecule has 0 spiro atoms. The fraction of sp³-hybridized carbons (Fsp3) is 0.214. The second kappa shape index (κ2) is 6.62. The molecule has 0 radical (unpaired) electrons. The summed E-state index contributed by atoms with van der Waals surface area (Å²) in [5.74, 6) is 1.17. The van der Waals surface area contributed by atoms with E-state index >= 15 is 0 Å². The Kier molecular flexibility index (Phi) is 4.85. The molecule has 0 aliphatic carbocycles. The fourth-order valence-corrected chi connectivity index (χ4v) is 2.01. The van der Waals surface area contributed by atoms with Crippen molar-refractivity contribution in [2.24, 2.45) is 0 Å². The van der Waals surface area contributed by atoms with Crippen LogP contribution in [-0.4, -0.2) is 11.6 Å². The Labute approximate surface area is 117 Å². The topological polar surface area (TPSA) is 22.1 Å². The predicted molar refractivity (Wildman–Crippen MR) is 74.4 cm³/mol. The molecule has 0 saturated heterocycles. The Balaban J connectivity index is 1.94. The van der Waals surface area contributed by atoms with Crippen LogP contribution >= 0.6 is 23.2 Å². The second-order valence-corrected chi connectivity index (χ2v) is 4.51. The van der Waals surface area contributed by atoms with Gasteiger partial charge in [0.1, 0.15) is 5.75 Å². The van der Waals surface area contributed by atoms with Crippen molar-refractivity contribution in [3.8, 4) is 5.75 Å². The largest absolute Gasteiger partial charge is 0.493 e. The van der Waals surface area contributed by atoms with Crippen LogP contribution in [0.3, 0.4) is 0 Å². The minimum atomic E-state index is 0.388. The SMILES string of the molecule is ClCc1cc(Cl)ccc1OCCc1ccccn1. The first-order valence-electron chi connectivity index (χ1n) is 5.66. The van der Waals surface area contributed by atoms with E-state index in [0.29, 0.717) is 17.5 Å². The quantitative estimate of drug-likeness (QED) is 0.770. The monoisotopic (exact) mass is 281 g/mol. The van der Waals surface area contributed by atoms with Crippen LogP contribution in [0.2, 0.25) is 5.02 Å². The maximum atomic E-state index is 5.90. The van der Waals surface area contributed by atoms with Crippen molar-refractivity contribution in [3.05, 3.63) is 58.9 Å². The van der Waals surface area contributed by atoms with Gasteiger partial charge in [0.05, 0.1) is 12.5 Å². The number of hydrogen-bond donors (Lipinski definition) is 0. The predicted octanol–water partition coefficient (Wildman–Crippen LogP) is 4.10. The molecule has 0 aliphatic rings. The van der Waals surface area contributed by atoms with Gasteiger partial charge in [-0.2, -0.15) is 0 Å². The average molecular weight is 282 g/mol. The highest BCUT2D eigenvalue weighted by molar-refractivity contribution is 6.30. The molecule has 0 bridgehead atoms. The van der Waals surface area contributed by atoms with Gasteiger partial charge in [-0.3, -0.25) is 4.98 Å². The van der Waals surface area contributed by atoms with Gasteiger partial charge >= 0.3 is 0 Å². The molecule has 1 aromatic heterocycles. The molecular weight excluding hydrogens is 269 g/mol. The molecule has 0 aliphatic heterocycles. The number of ether oxygens (including phenoxy) is 1. The van der Waals surface area contributed by atoms with Crippen molar-refractivity contribution in [3.63, 3.8) is 0 Å². The number of pyridine rings is 1. The van der Waals surface area contributed by atoms with Gasteiger partial charge in [-0.25, -0.2) is 0 Å². The highest BCUT2D eigenvalue weighted by Gasteiger charge is 2.04. The zero-order valence-corrected chi connectivity index (χ0v) is 11.3. The highest BCUT2D eigenvalue weighted by atomic mass is 35.5. The standard InChI is InChI=1S/C14H13Cl2NO/c15-10-11-9-12(16)4-5-14(11)18-8-6-13-3-1-2-7-17-13/h1-5,7,9H,6,8,10H2. The first-order chi connectivity index (χ1) is 8.79. The molecule has 0 unspecified atom stereocenters. The lowest BCUT2D eigenvalue weighted by Gasteiger charge is -2.10. The Bertz CT molecular complexity index is 502. The third-order valence-corrected chi connectivity index (χ3v) is 3.03. The van der Waals surface area contributed by atoms with Gasteiger partial charge in [0.2, 0.25) is 0 Å². The Morgan fingerprint density at radius 3 is 2.78 bits per heavy atom. The van der Waals surface area contributed by atoms with Crippen molar-refractivity contribution in [2.45, 2.75) is 12.3 Å². The van der Waals surface area contributed by atoms with E-state index in [4.69, 9.17) is 27.9 Å². The zero-order valence-electron chi connectivity index (χ0n) is 9.77. The van der Waals surface area contributed by atoms with Gasteiger partial charge in [-0.15, -0.1) is 11.6 Å². The third kappa shape index (κ3) is 3.62. The number of halogens is 2. The molecule has 0 fully saturated rings. The summed E-state index contributed by atoms with van der Waals surface area (Å²) < 4.78 is 5.70. The minimum absolute atomic E-state index is 0.388. The van der Waals surface area contributed by atoms with Crippen LogP contribution in [0.4, 0.5) is 0 Å². The van der Waals surface area contributed by atoms with Crippen LogP contribution in [0, 0.1) is 0 Å². The molecule has 2 nitrogen and oxygen atoms in total. The number of rotatable bonds is 5. The van der Waals surface area contributed by atoms with Crippen LogP contribution in [0.15, 0.2) is 42.6 Å². The van der Waals surface area contributed by atoms with E-state index in [1.165, 1.54) is 0 Å². The summed E-state index contributed by atoms with van der Waals surface area (Å²) >= 11 is 11.8. The number of aromatic nitrogens is 1. The second-order valence-electron chi connectivity index (χ2n) is 3.81. The number of hydrogen-bond acceptors (Lipinski definition) is 2. The van der Waals surface area contributed by atoms with Gasteiger partial charge in [0.25, 0.3) is 0 Å². The molecule has 1 aromatic carbocycles. The lowest BCUT2D eigenvalue weighted by atomic mass is 10.2. The Morgan fingerprint density at radius 2 is 2.06 bits per heavy atom. The van der Waals surface area contributed by atoms with Crippen LogP contribution in [0.25, 0.3) is 0 Å². The number of nitrogens with zero attached hydrogens (tertiary/aromatic N) is 1. The van der Waals surface area contributed by atoms with E-state index in [2.05, 4.69) is 4.98 Å². The van der Waals surface area contributed by atoms with E-state index in [1.54, 1.807) is 12.3 Å². The normalized spacial score (nSPS) is 10.3. The van der Waals surface area contributed by atoms with Crippen LogP contribution < -0.4 is 4.74 Å². The molecule has 2 rings (SSSR count). The molecule has 1 heterocycles. The van der Waals surface area contributed by atoms with Crippen molar-refractivity contribution in [2.75, 3.05) is 6.61 Å². The summed E-state index contributed by atoms with van der Waals surface area (Å²) in [6, 6.07) is 11.3. The van der Waals surface area contributed by atoms with Crippen molar-refractivity contribution >= 4 is 23.2 Å². The fourth-order valence-electron chi connectivity index (χ4n) is 1.60. The molecule has 0 N–H and O–H groups in total. The first kappa shape index (κ1) is 13.2. The molecule has 4 heteroatoms. The number of benzene rings is 1. The maximum Gasteiger partial charge on any atom is 0.123 e. The summed E-state index contributed by atoms with van der Waals surface area (Å²) in [5, 5.41) is 0.669. The molecule has 0 atom stereocenters. The Hall–Kier alpha value is -1.25. The summed E-state index contributed by atoms with van der Waals surface area (Å²) in [7, 11) is 0. The van der Waals surface area contributed by atoms with E-state index in [0.717, 1.165) is 23.4 Å². The summed E-state index contributed by atoms with van der Waals surface area (Å²) in [5.41, 5.74) is 1.92. The van der Waals surface area contributed by atoms with Gasteiger partial charge < -0.3 is 4.74 Å². The molecule has 0 saturated carbocycles. The van der Waals surface area contributed by atoms with Gasteiger partial charge in [0.15, 0.2) is 0 Å². The van der Waals surface area contributed by atoms with Gasteiger partial charge in [-0.1, -0.05) is 17.7 Å². The van der Waals surface area contributed by atoms with Gasteiger partial charge in [-0.05, 0) is 30.3 Å². The van der Waals surface area contributed by atoms with Crippen LogP contribution in [0.1, 0.15) is 11.3 Å². The smallest absolute Gasteiger partial charge is 0.123 e. The van der Waals surface area contributed by atoms with Gasteiger partial charge in [0, 0.05) is 28.9 Å². The number of alkyl halides is 1. The molecule has 18 heavy (non-hydrogen) atoms. The van der Waals surface area contributed by atoms with Crippen LogP contribution in [0.5, 0.6) is 5.75 Å². The summed E-state index contributed by atoms with van der Waals surface area (Å²) in [6.45, 7) is 0.572. The van der Waals surface area contributed by atoms with E-state index < -0.39 is 0 Å². The first-order valence-corrected chi connectivity index (χ1v) is 6.58. The minimum Gasteiger partial charge on any atom is -0.493 e. The lowest BCUT2D eigenvalue weighted by Crippen LogP contribution is -2.04. The molecule has 94 valence electrons. The van der Waals surface area contributed by atoms with E-state index in [9.17, 15) is 0 Å². The molecule has 0 amide bonds. The highest BCUT2D eigenvalue weighted by Crippen LogP contribution is 2.24. The lowest BCUT2D eigenvalue weighted by molar-refractivity contribution is 0.318. The van der Waals surface area contributed by atoms with E-state index in [1.807, 2.05) is 30.3 Å². The summed E-state index contributed by atoms with van der Waals surface area (Å²) in [4.78, 5) is 4.24. The molecular formula is C14H13Cl2NO. The Morgan fingerprint density at radius 1 is 1.17 bits per heavy atom. The third-order valence-electron chi connectivity index (χ3n) is 2.51.